The molecule has 2 aliphatic rings. The van der Waals surface area contributed by atoms with Crippen molar-refractivity contribution in [2.75, 3.05) is 26.3 Å². The van der Waals surface area contributed by atoms with E-state index in [1.807, 2.05) is 4.90 Å². The lowest BCUT2D eigenvalue weighted by atomic mass is 9.83. The molecule has 1 saturated heterocycles. The van der Waals surface area contributed by atoms with Crippen LogP contribution < -0.4 is 4.74 Å². The highest BCUT2D eigenvalue weighted by atomic mass is 16.5. The predicted molar refractivity (Wildman–Crippen MR) is 87.2 cm³/mol. The first kappa shape index (κ1) is 16.8. The van der Waals surface area contributed by atoms with Crippen molar-refractivity contribution >= 4 is 11.9 Å². The molecule has 0 bridgehead atoms. The lowest BCUT2D eigenvalue weighted by Crippen LogP contribution is -2.54. The Hall–Kier alpha value is -2.08. The second kappa shape index (κ2) is 7.21. The van der Waals surface area contributed by atoms with Crippen LogP contribution in [0.3, 0.4) is 0 Å². The Labute approximate surface area is 141 Å². The van der Waals surface area contributed by atoms with Crippen LogP contribution in [0, 0.1) is 0 Å². The number of nitrogens with zero attached hydrogens (tertiary/aromatic N) is 1. The fourth-order valence-electron chi connectivity index (χ4n) is 3.56. The van der Waals surface area contributed by atoms with Crippen molar-refractivity contribution in [2.24, 2.45) is 0 Å². The van der Waals surface area contributed by atoms with E-state index >= 15 is 0 Å². The summed E-state index contributed by atoms with van der Waals surface area (Å²) in [5.41, 5.74) is 0.342. The van der Waals surface area contributed by atoms with Gasteiger partial charge in [-0.1, -0.05) is 25.3 Å². The van der Waals surface area contributed by atoms with E-state index in [1.165, 1.54) is 6.42 Å². The first-order valence-corrected chi connectivity index (χ1v) is 8.46. The van der Waals surface area contributed by atoms with Crippen molar-refractivity contribution in [1.29, 1.82) is 0 Å². The molecule has 1 saturated carbocycles. The number of rotatable bonds is 4. The third-order valence-corrected chi connectivity index (χ3v) is 4.74. The summed E-state index contributed by atoms with van der Waals surface area (Å²) in [4.78, 5) is 25.3. The van der Waals surface area contributed by atoms with Gasteiger partial charge in [-0.2, -0.15) is 0 Å². The summed E-state index contributed by atoms with van der Waals surface area (Å²) in [6.45, 7) is 1.37. The second-order valence-electron chi connectivity index (χ2n) is 6.53. The first-order chi connectivity index (χ1) is 11.6. The van der Waals surface area contributed by atoms with Crippen LogP contribution in [0.15, 0.2) is 24.3 Å². The molecule has 130 valence electrons. The highest BCUT2D eigenvalue weighted by molar-refractivity contribution is 5.94. The maximum absolute atomic E-state index is 12.8. The van der Waals surface area contributed by atoms with Crippen LogP contribution in [-0.2, 0) is 9.53 Å². The van der Waals surface area contributed by atoms with E-state index in [-0.39, 0.29) is 11.5 Å². The maximum Gasteiger partial charge on any atom is 0.341 e. The molecule has 1 aliphatic heterocycles. The normalized spacial score (nSPS) is 19.9. The zero-order valence-electron chi connectivity index (χ0n) is 13.7. The maximum atomic E-state index is 12.8. The minimum absolute atomic E-state index is 0.0518. The molecule has 3 rings (SSSR count). The van der Waals surface area contributed by atoms with E-state index in [9.17, 15) is 9.59 Å². The molecule has 6 heteroatoms. The number of benzene rings is 1. The summed E-state index contributed by atoms with van der Waals surface area (Å²) >= 11 is 0. The van der Waals surface area contributed by atoms with Gasteiger partial charge in [-0.25, -0.2) is 4.79 Å². The lowest BCUT2D eigenvalue weighted by molar-refractivity contribution is -0.139. The van der Waals surface area contributed by atoms with E-state index in [1.54, 1.807) is 24.3 Å². The Morgan fingerprint density at radius 1 is 1.25 bits per heavy atom. The van der Waals surface area contributed by atoms with E-state index in [0.29, 0.717) is 31.0 Å². The van der Waals surface area contributed by atoms with Crippen LogP contribution in [-0.4, -0.2) is 53.8 Å². The number of ether oxygens (including phenoxy) is 2. The van der Waals surface area contributed by atoms with Gasteiger partial charge in [-0.05, 0) is 31.0 Å². The van der Waals surface area contributed by atoms with Crippen LogP contribution in [0.25, 0.3) is 0 Å². The molecule has 0 atom stereocenters. The van der Waals surface area contributed by atoms with Crippen molar-refractivity contribution in [3.8, 4) is 5.75 Å². The molecule has 1 aromatic rings. The number of hydrogen-bond donors (Lipinski definition) is 1. The first-order valence-electron chi connectivity index (χ1n) is 8.46. The van der Waals surface area contributed by atoms with E-state index < -0.39 is 12.6 Å². The summed E-state index contributed by atoms with van der Waals surface area (Å²) < 4.78 is 11.2. The Bertz CT molecular complexity index is 604. The second-order valence-corrected chi connectivity index (χ2v) is 6.53. The zero-order chi connectivity index (χ0) is 17.0. The van der Waals surface area contributed by atoms with Crippen LogP contribution in [0.1, 0.15) is 42.5 Å². The molecule has 0 radical (unpaired) electrons. The fraction of sp³-hybridized carbons (Fsp3) is 0.556. The molecule has 1 heterocycles. The van der Waals surface area contributed by atoms with Gasteiger partial charge in [0.25, 0.3) is 5.91 Å². The standard InChI is InChI=1S/C18H23NO5/c20-16(21)12-23-15-6-4-5-14(11-15)17(22)19-9-10-24-18(13-19)7-2-1-3-8-18/h4-6,11H,1-3,7-10,12-13H2,(H,20,21). The lowest BCUT2D eigenvalue weighted by Gasteiger charge is -2.45. The quantitative estimate of drug-likeness (QED) is 0.915. The number of carbonyl (C=O) groups excluding carboxylic acids is 1. The van der Waals surface area contributed by atoms with Gasteiger partial charge < -0.3 is 19.5 Å². The fourth-order valence-corrected chi connectivity index (χ4v) is 3.56. The molecule has 24 heavy (non-hydrogen) atoms. The Kier molecular flexibility index (Phi) is 5.04. The topological polar surface area (TPSA) is 76.1 Å². The van der Waals surface area contributed by atoms with Gasteiger partial charge in [-0.3, -0.25) is 4.79 Å². The summed E-state index contributed by atoms with van der Waals surface area (Å²) in [5.74, 6) is -0.702. The number of carboxylic acid groups (broad SMARTS) is 1. The third-order valence-electron chi connectivity index (χ3n) is 4.74. The Morgan fingerprint density at radius 3 is 2.79 bits per heavy atom. The average Bonchev–Trinajstić information content (AvgIpc) is 2.60. The summed E-state index contributed by atoms with van der Waals surface area (Å²) in [5, 5.41) is 8.68. The van der Waals surface area contributed by atoms with Crippen molar-refractivity contribution < 1.29 is 24.2 Å². The van der Waals surface area contributed by atoms with Gasteiger partial charge in [0.05, 0.1) is 18.8 Å². The summed E-state index contributed by atoms with van der Waals surface area (Å²) in [7, 11) is 0. The SMILES string of the molecule is O=C(O)COc1cccc(C(=O)N2CCOC3(CCCCC3)C2)c1. The molecule has 1 N–H and O–H groups in total. The van der Waals surface area contributed by atoms with Gasteiger partial charge in [0.15, 0.2) is 6.61 Å². The predicted octanol–water partition coefficient (Wildman–Crippen LogP) is 2.33. The molecule has 2 fully saturated rings. The average molecular weight is 333 g/mol. The Balaban J connectivity index is 1.69. The third kappa shape index (κ3) is 3.87. The van der Waals surface area contributed by atoms with Gasteiger partial charge in [0.2, 0.25) is 0 Å². The number of aliphatic carboxylic acids is 1. The molecular formula is C18H23NO5. The van der Waals surface area contributed by atoms with Crippen molar-refractivity contribution in [3.05, 3.63) is 29.8 Å². The minimum Gasteiger partial charge on any atom is -0.482 e. The molecular weight excluding hydrogens is 310 g/mol. The number of carbonyl (C=O) groups is 2. The van der Waals surface area contributed by atoms with Gasteiger partial charge >= 0.3 is 5.97 Å². The van der Waals surface area contributed by atoms with Crippen LogP contribution in [0.2, 0.25) is 0 Å². The molecule has 1 spiro atoms. The molecule has 6 nitrogen and oxygen atoms in total. The zero-order valence-corrected chi connectivity index (χ0v) is 13.7. The van der Waals surface area contributed by atoms with Gasteiger partial charge in [0.1, 0.15) is 5.75 Å². The number of hydrogen-bond acceptors (Lipinski definition) is 4. The van der Waals surface area contributed by atoms with Crippen molar-refractivity contribution in [2.45, 2.75) is 37.7 Å². The molecule has 1 aromatic carbocycles. The van der Waals surface area contributed by atoms with Crippen LogP contribution in [0.4, 0.5) is 0 Å². The monoisotopic (exact) mass is 333 g/mol. The van der Waals surface area contributed by atoms with Gasteiger partial charge in [0, 0.05) is 12.1 Å². The summed E-state index contributed by atoms with van der Waals surface area (Å²) in [6, 6.07) is 6.70. The smallest absolute Gasteiger partial charge is 0.341 e. The van der Waals surface area contributed by atoms with E-state index in [0.717, 1.165) is 25.7 Å². The van der Waals surface area contributed by atoms with Crippen molar-refractivity contribution in [1.82, 2.24) is 4.90 Å². The molecule has 1 aliphatic carbocycles. The minimum atomic E-state index is -1.04. The molecule has 0 aromatic heterocycles. The number of carboxylic acids is 1. The van der Waals surface area contributed by atoms with Crippen molar-refractivity contribution in [3.63, 3.8) is 0 Å². The highest BCUT2D eigenvalue weighted by Crippen LogP contribution is 2.34. The Morgan fingerprint density at radius 2 is 2.04 bits per heavy atom. The van der Waals surface area contributed by atoms with Gasteiger partial charge in [-0.15, -0.1) is 0 Å². The van der Waals surface area contributed by atoms with E-state index in [4.69, 9.17) is 14.6 Å². The molecule has 0 unspecified atom stereocenters. The molecule has 1 amide bonds. The summed E-state index contributed by atoms with van der Waals surface area (Å²) in [6.07, 6.45) is 5.57. The largest absolute Gasteiger partial charge is 0.482 e. The van der Waals surface area contributed by atoms with E-state index in [2.05, 4.69) is 0 Å². The number of amides is 1. The highest BCUT2D eigenvalue weighted by Gasteiger charge is 2.39. The number of morpholine rings is 1. The van der Waals surface area contributed by atoms with Crippen LogP contribution >= 0.6 is 0 Å². The van der Waals surface area contributed by atoms with Crippen LogP contribution in [0.5, 0.6) is 5.75 Å².